The van der Waals surface area contributed by atoms with Crippen LogP contribution >= 0.6 is 15.9 Å². The monoisotopic (exact) mass is 305 g/mol. The van der Waals surface area contributed by atoms with Crippen LogP contribution in [-0.4, -0.2) is 76.0 Å². The van der Waals surface area contributed by atoms with Gasteiger partial charge in [-0.1, -0.05) is 0 Å². The Bertz CT molecular complexity index is 423. The van der Waals surface area contributed by atoms with Crippen molar-refractivity contribution in [2.24, 2.45) is 0 Å². The molecule has 74 valence electrons. The predicted molar refractivity (Wildman–Crippen MR) is 60.1 cm³/mol. The van der Waals surface area contributed by atoms with Crippen molar-refractivity contribution in [3.8, 4) is 0 Å². The van der Waals surface area contributed by atoms with Gasteiger partial charge in [0.1, 0.15) is 0 Å². The number of aryl methyl sites for hydroxylation is 1. The number of nitrogens with one attached hydrogen (secondary N) is 1. The molecule has 0 unspecified atom stereocenters. The zero-order valence-electron chi connectivity index (χ0n) is 7.07. The fourth-order valence-corrected chi connectivity index (χ4v) is 1.29. The van der Waals surface area contributed by atoms with Gasteiger partial charge in [0.2, 0.25) is 16.0 Å². The Labute approximate surface area is 134 Å². The van der Waals surface area contributed by atoms with Crippen LogP contribution in [0.3, 0.4) is 0 Å². The van der Waals surface area contributed by atoms with E-state index in [0.717, 1.165) is 10.7 Å². The number of halogens is 1. The fourth-order valence-electron chi connectivity index (χ4n) is 0.667. The van der Waals surface area contributed by atoms with Gasteiger partial charge in [0.05, 0.1) is 16.4 Å². The predicted octanol–water partition coefficient (Wildman–Crippen LogP) is 0.271. The van der Waals surface area contributed by atoms with E-state index in [1.54, 1.807) is 6.92 Å². The summed E-state index contributed by atoms with van der Waals surface area (Å²) in [5.41, 5.74) is 0.682. The average molecular weight is 306 g/mol. The van der Waals surface area contributed by atoms with Gasteiger partial charge in [0.25, 0.3) is 0 Å². The zero-order chi connectivity index (χ0) is 10.1. The fraction of sp³-hybridized carbons (Fsp3) is 0.333. The molecule has 0 bridgehead atoms. The molecule has 0 aliphatic rings. The molecule has 0 amide bonds. The van der Waals surface area contributed by atoms with E-state index in [9.17, 15) is 8.42 Å². The van der Waals surface area contributed by atoms with E-state index in [1.165, 1.54) is 6.20 Å². The van der Waals surface area contributed by atoms with Crippen molar-refractivity contribution in [3.63, 3.8) is 0 Å². The van der Waals surface area contributed by atoms with Crippen molar-refractivity contribution in [2.75, 3.05) is 11.0 Å². The summed E-state index contributed by atoms with van der Waals surface area (Å²) in [5.74, 6) is 0.0863. The van der Waals surface area contributed by atoms with Crippen molar-refractivity contribution in [3.05, 3.63) is 16.4 Å². The molecule has 1 rings (SSSR count). The first-order chi connectivity index (χ1) is 5.88. The van der Waals surface area contributed by atoms with Crippen LogP contribution in [0.15, 0.2) is 10.7 Å². The Morgan fingerprint density at radius 2 is 2.07 bits per heavy atom. The third-order valence-corrected chi connectivity index (χ3v) is 2.53. The summed E-state index contributed by atoms with van der Waals surface area (Å²) in [4.78, 5) is 7.69. The molecule has 8 heteroatoms. The third kappa shape index (κ3) is 5.15. The van der Waals surface area contributed by atoms with Gasteiger partial charge >= 0.3 is 51.4 Å². The summed E-state index contributed by atoms with van der Waals surface area (Å²) in [6, 6.07) is 0. The van der Waals surface area contributed by atoms with Gasteiger partial charge in [-0.2, -0.15) is 0 Å². The second-order valence-electron chi connectivity index (χ2n) is 2.50. The van der Waals surface area contributed by atoms with Crippen LogP contribution < -0.4 is 4.72 Å². The normalized spacial score (nSPS) is 10.5. The third-order valence-electron chi connectivity index (χ3n) is 1.20. The van der Waals surface area contributed by atoms with Crippen LogP contribution in [-0.2, 0) is 10.0 Å². The Balaban J connectivity index is 0.00000169. The molecular formula is C6H9BrKN3O2S. The molecule has 0 spiro atoms. The van der Waals surface area contributed by atoms with Crippen LogP contribution in [0.5, 0.6) is 0 Å². The number of sulfonamides is 1. The van der Waals surface area contributed by atoms with E-state index in [1.807, 2.05) is 0 Å². The van der Waals surface area contributed by atoms with E-state index >= 15 is 0 Å². The number of rotatable bonds is 2. The summed E-state index contributed by atoms with van der Waals surface area (Å²) in [6.07, 6.45) is 2.55. The zero-order valence-corrected chi connectivity index (χ0v) is 9.48. The Morgan fingerprint density at radius 1 is 1.50 bits per heavy atom. The minimum absolute atomic E-state index is 0. The van der Waals surface area contributed by atoms with Crippen LogP contribution in [0, 0.1) is 6.92 Å². The molecule has 1 heterocycles. The van der Waals surface area contributed by atoms with Gasteiger partial charge in [-0.05, 0) is 22.9 Å². The molecule has 0 saturated carbocycles. The summed E-state index contributed by atoms with van der Waals surface area (Å²) in [5, 5.41) is 0. The molecular weight excluding hydrogens is 297 g/mol. The molecule has 0 aromatic carbocycles. The van der Waals surface area contributed by atoms with Crippen LogP contribution in [0.4, 0.5) is 5.95 Å². The van der Waals surface area contributed by atoms with Crippen molar-refractivity contribution in [1.29, 1.82) is 0 Å². The molecule has 0 aliphatic heterocycles. The molecule has 1 N–H and O–H groups in total. The number of hydrogen-bond acceptors (Lipinski definition) is 4. The Morgan fingerprint density at radius 3 is 2.50 bits per heavy atom. The first-order valence-corrected chi connectivity index (χ1v) is 6.04. The van der Waals surface area contributed by atoms with E-state index in [4.69, 9.17) is 0 Å². The van der Waals surface area contributed by atoms with E-state index in [2.05, 4.69) is 30.6 Å². The molecule has 0 saturated heterocycles. The first-order valence-electron chi connectivity index (χ1n) is 3.35. The van der Waals surface area contributed by atoms with E-state index in [0.29, 0.717) is 5.69 Å². The van der Waals surface area contributed by atoms with Gasteiger partial charge in [0, 0.05) is 6.20 Å². The number of aromatic nitrogens is 2. The quantitative estimate of drug-likeness (QED) is 0.796. The maximum absolute atomic E-state index is 10.8. The Kier molecular flexibility index (Phi) is 6.27. The van der Waals surface area contributed by atoms with Gasteiger partial charge in [0.15, 0.2) is 0 Å². The van der Waals surface area contributed by atoms with E-state index in [-0.39, 0.29) is 57.3 Å². The summed E-state index contributed by atoms with van der Waals surface area (Å²) in [7, 11) is -3.30. The van der Waals surface area contributed by atoms with Crippen LogP contribution in [0.1, 0.15) is 5.69 Å². The Hall–Kier alpha value is 0.946. The number of anilines is 1. The summed E-state index contributed by atoms with van der Waals surface area (Å²) >= 11 is 3.21. The van der Waals surface area contributed by atoms with Gasteiger partial charge in [-0.15, -0.1) is 0 Å². The SMILES string of the molecule is Cc1nc(NS(C)(=O)=O)ncc1Br.[KH]. The average Bonchev–Trinajstić information content (AvgIpc) is 1.94. The number of hydrogen-bond donors (Lipinski definition) is 1. The standard InChI is InChI=1S/C6H8BrN3O2S.K.H/c1-4-5(7)3-8-6(9-4)10-13(2,11)12;;/h3H,1-2H3,(H,8,9,10);;. The van der Waals surface area contributed by atoms with Crippen molar-refractivity contribution in [1.82, 2.24) is 9.97 Å². The van der Waals surface area contributed by atoms with Crippen molar-refractivity contribution < 1.29 is 8.42 Å². The molecule has 1 aromatic rings. The molecule has 0 fully saturated rings. The maximum atomic E-state index is 10.8. The summed E-state index contributed by atoms with van der Waals surface area (Å²) in [6.45, 7) is 1.75. The summed E-state index contributed by atoms with van der Waals surface area (Å²) < 4.78 is 24.5. The number of nitrogens with zero attached hydrogens (tertiary/aromatic N) is 2. The minimum atomic E-state index is -3.30. The molecule has 0 aliphatic carbocycles. The topological polar surface area (TPSA) is 72.0 Å². The van der Waals surface area contributed by atoms with Crippen molar-refractivity contribution in [2.45, 2.75) is 6.92 Å². The molecule has 0 atom stereocenters. The van der Waals surface area contributed by atoms with Gasteiger partial charge in [-0.3, -0.25) is 4.72 Å². The second kappa shape index (κ2) is 5.88. The van der Waals surface area contributed by atoms with Crippen LogP contribution in [0.25, 0.3) is 0 Å². The van der Waals surface area contributed by atoms with E-state index < -0.39 is 10.0 Å². The second-order valence-corrected chi connectivity index (χ2v) is 5.10. The molecule has 14 heavy (non-hydrogen) atoms. The van der Waals surface area contributed by atoms with Crippen molar-refractivity contribution >= 4 is 83.3 Å². The van der Waals surface area contributed by atoms with Gasteiger partial charge in [-0.25, -0.2) is 18.4 Å². The first kappa shape index (κ1) is 14.9. The van der Waals surface area contributed by atoms with Gasteiger partial charge < -0.3 is 0 Å². The van der Waals surface area contributed by atoms with Crippen LogP contribution in [0.2, 0.25) is 0 Å². The molecule has 1 aromatic heterocycles. The molecule has 0 radical (unpaired) electrons. The molecule has 5 nitrogen and oxygen atoms in total.